The zero-order valence-electron chi connectivity index (χ0n) is 12.3. The Morgan fingerprint density at radius 2 is 2.36 bits per heavy atom. The molecule has 22 heavy (non-hydrogen) atoms. The van der Waals surface area contributed by atoms with Crippen molar-refractivity contribution in [1.82, 2.24) is 4.90 Å². The Morgan fingerprint density at radius 1 is 1.50 bits per heavy atom. The molecule has 1 saturated heterocycles. The van der Waals surface area contributed by atoms with Crippen molar-refractivity contribution in [3.63, 3.8) is 0 Å². The zero-order chi connectivity index (χ0) is 15.5. The van der Waals surface area contributed by atoms with Crippen molar-refractivity contribution in [3.05, 3.63) is 50.7 Å². The van der Waals surface area contributed by atoms with Crippen LogP contribution < -0.4 is 10.4 Å². The van der Waals surface area contributed by atoms with Crippen LogP contribution in [0.4, 0.5) is 0 Å². The van der Waals surface area contributed by atoms with Crippen molar-refractivity contribution in [3.8, 4) is 5.75 Å². The van der Waals surface area contributed by atoms with Crippen molar-refractivity contribution in [2.45, 2.75) is 25.9 Å². The van der Waals surface area contributed by atoms with Crippen molar-refractivity contribution in [2.75, 3.05) is 13.1 Å². The molecular weight excluding hydrogens is 302 g/mol. The van der Waals surface area contributed by atoms with Crippen LogP contribution >= 0.6 is 11.3 Å². The summed E-state index contributed by atoms with van der Waals surface area (Å²) in [4.78, 5) is 25.4. The van der Waals surface area contributed by atoms with Crippen LogP contribution in [0.5, 0.6) is 5.75 Å². The van der Waals surface area contributed by atoms with E-state index in [0.29, 0.717) is 31.0 Å². The molecule has 5 nitrogen and oxygen atoms in total. The second-order valence-electron chi connectivity index (χ2n) is 5.40. The molecule has 0 radical (unpaired) electrons. The minimum Gasteiger partial charge on any atom is -0.488 e. The third-order valence-electron chi connectivity index (χ3n) is 3.60. The maximum atomic E-state index is 12.2. The van der Waals surface area contributed by atoms with Gasteiger partial charge in [-0.3, -0.25) is 4.79 Å². The van der Waals surface area contributed by atoms with Crippen LogP contribution in [0, 0.1) is 6.92 Å². The summed E-state index contributed by atoms with van der Waals surface area (Å²) in [7, 11) is 0. The Hall–Kier alpha value is -2.08. The minimum atomic E-state index is -0.418. The minimum absolute atomic E-state index is 0.0763. The highest BCUT2D eigenvalue weighted by Gasteiger charge is 2.27. The number of ether oxygens (including phenoxy) is 1. The lowest BCUT2D eigenvalue weighted by atomic mass is 10.2. The first-order chi connectivity index (χ1) is 10.6. The number of hydrogen-bond donors (Lipinski definition) is 0. The number of nitrogens with zero attached hydrogens (tertiary/aromatic N) is 1. The Labute approximate surface area is 132 Å². The van der Waals surface area contributed by atoms with Crippen LogP contribution in [0.25, 0.3) is 0 Å². The lowest BCUT2D eigenvalue weighted by Crippen LogP contribution is -2.32. The van der Waals surface area contributed by atoms with Gasteiger partial charge < -0.3 is 14.1 Å². The third-order valence-corrected chi connectivity index (χ3v) is 4.34. The van der Waals surface area contributed by atoms with Gasteiger partial charge >= 0.3 is 5.63 Å². The van der Waals surface area contributed by atoms with E-state index in [4.69, 9.17) is 9.15 Å². The molecule has 2 aromatic rings. The van der Waals surface area contributed by atoms with E-state index in [9.17, 15) is 9.59 Å². The van der Waals surface area contributed by atoms with Crippen LogP contribution in [0.15, 0.2) is 38.2 Å². The van der Waals surface area contributed by atoms with Crippen LogP contribution in [0.3, 0.4) is 0 Å². The summed E-state index contributed by atoms with van der Waals surface area (Å²) in [6, 6.07) is 5.00. The summed E-state index contributed by atoms with van der Waals surface area (Å²) < 4.78 is 10.7. The fourth-order valence-electron chi connectivity index (χ4n) is 2.57. The molecule has 1 fully saturated rings. The summed E-state index contributed by atoms with van der Waals surface area (Å²) in [5.41, 5.74) is 0.633. The topological polar surface area (TPSA) is 59.8 Å². The Balaban J connectivity index is 1.57. The number of carbonyl (C=O) groups excluding carboxylic acids is 1. The first kappa shape index (κ1) is 14.8. The smallest absolute Gasteiger partial charge is 0.339 e. The molecule has 0 bridgehead atoms. The lowest BCUT2D eigenvalue weighted by molar-refractivity contribution is -0.129. The van der Waals surface area contributed by atoms with E-state index in [1.807, 2.05) is 21.7 Å². The van der Waals surface area contributed by atoms with Gasteiger partial charge in [0.2, 0.25) is 5.91 Å². The number of likely N-dealkylation sites (tertiary alicyclic amines) is 1. The predicted molar refractivity (Wildman–Crippen MR) is 83.4 cm³/mol. The Morgan fingerprint density at radius 3 is 3.09 bits per heavy atom. The number of carbonyl (C=O) groups is 1. The molecule has 1 unspecified atom stereocenters. The maximum absolute atomic E-state index is 12.2. The molecule has 3 heterocycles. The Bertz CT molecular complexity index is 707. The van der Waals surface area contributed by atoms with E-state index in [2.05, 4.69) is 0 Å². The van der Waals surface area contributed by atoms with E-state index in [0.717, 1.165) is 12.0 Å². The van der Waals surface area contributed by atoms with Crippen molar-refractivity contribution < 1.29 is 13.9 Å². The van der Waals surface area contributed by atoms with Crippen molar-refractivity contribution >= 4 is 17.2 Å². The van der Waals surface area contributed by atoms with Crippen molar-refractivity contribution in [1.29, 1.82) is 0 Å². The van der Waals surface area contributed by atoms with Gasteiger partial charge in [-0.2, -0.15) is 11.3 Å². The molecule has 116 valence electrons. The summed E-state index contributed by atoms with van der Waals surface area (Å²) >= 11 is 1.60. The number of amides is 1. The first-order valence-corrected chi connectivity index (χ1v) is 8.12. The van der Waals surface area contributed by atoms with Gasteiger partial charge in [0.15, 0.2) is 0 Å². The van der Waals surface area contributed by atoms with Gasteiger partial charge in [-0.05, 0) is 29.3 Å². The second kappa shape index (κ2) is 6.36. The van der Waals surface area contributed by atoms with Crippen molar-refractivity contribution in [2.24, 2.45) is 0 Å². The highest BCUT2D eigenvalue weighted by atomic mass is 32.1. The average molecular weight is 319 g/mol. The highest BCUT2D eigenvalue weighted by molar-refractivity contribution is 7.07. The summed E-state index contributed by atoms with van der Waals surface area (Å²) in [5, 5.41) is 3.97. The fraction of sp³-hybridized carbons (Fsp3) is 0.375. The van der Waals surface area contributed by atoms with Gasteiger partial charge in [0.25, 0.3) is 0 Å². The molecule has 0 aromatic carbocycles. The average Bonchev–Trinajstić information content (AvgIpc) is 3.09. The largest absolute Gasteiger partial charge is 0.488 e. The molecule has 6 heteroatoms. The van der Waals surface area contributed by atoms with Gasteiger partial charge in [-0.1, -0.05) is 0 Å². The second-order valence-corrected chi connectivity index (χ2v) is 6.18. The maximum Gasteiger partial charge on any atom is 0.339 e. The quantitative estimate of drug-likeness (QED) is 0.867. The normalized spacial score (nSPS) is 17.7. The van der Waals surface area contributed by atoms with Gasteiger partial charge in [-0.25, -0.2) is 4.79 Å². The third kappa shape index (κ3) is 3.57. The predicted octanol–water partition coefficient (Wildman–Crippen LogP) is 2.23. The number of rotatable bonds is 4. The molecule has 1 atom stereocenters. The van der Waals surface area contributed by atoms with Crippen LogP contribution in [-0.4, -0.2) is 30.0 Å². The number of hydrogen-bond acceptors (Lipinski definition) is 5. The zero-order valence-corrected chi connectivity index (χ0v) is 13.1. The molecule has 2 aromatic heterocycles. The van der Waals surface area contributed by atoms with E-state index in [1.165, 1.54) is 6.07 Å². The van der Waals surface area contributed by atoms with Gasteiger partial charge in [-0.15, -0.1) is 0 Å². The highest BCUT2D eigenvalue weighted by Crippen LogP contribution is 2.19. The monoisotopic (exact) mass is 319 g/mol. The van der Waals surface area contributed by atoms with E-state index in [-0.39, 0.29) is 12.0 Å². The van der Waals surface area contributed by atoms with E-state index in [1.54, 1.807) is 24.3 Å². The molecule has 0 aliphatic carbocycles. The van der Waals surface area contributed by atoms with Crippen LogP contribution in [0.1, 0.15) is 17.7 Å². The molecule has 1 amide bonds. The van der Waals surface area contributed by atoms with Gasteiger partial charge in [0.1, 0.15) is 17.6 Å². The fourth-order valence-corrected chi connectivity index (χ4v) is 3.24. The number of aryl methyl sites for hydroxylation is 1. The number of thiophene rings is 1. The molecule has 1 aliphatic rings. The van der Waals surface area contributed by atoms with Crippen LogP contribution in [-0.2, 0) is 11.2 Å². The molecule has 1 aliphatic heterocycles. The van der Waals surface area contributed by atoms with Crippen LogP contribution in [0.2, 0.25) is 0 Å². The molecule has 0 N–H and O–H groups in total. The standard InChI is InChI=1S/C16H17NO4S/c1-11-6-14(8-16(19)20-11)21-13-2-4-17(9-13)15(18)7-12-3-5-22-10-12/h3,5-6,8,10,13H,2,4,7,9H2,1H3. The summed E-state index contributed by atoms with van der Waals surface area (Å²) in [5.74, 6) is 1.14. The molecule has 3 rings (SSSR count). The summed E-state index contributed by atoms with van der Waals surface area (Å²) in [6.07, 6.45) is 1.13. The molecular formula is C16H17NO4S. The SMILES string of the molecule is Cc1cc(OC2CCN(C(=O)Cc3ccsc3)C2)cc(=O)o1. The lowest BCUT2D eigenvalue weighted by Gasteiger charge is -2.17. The van der Waals surface area contributed by atoms with Gasteiger partial charge in [0, 0.05) is 19.0 Å². The molecule has 0 saturated carbocycles. The van der Waals surface area contributed by atoms with E-state index >= 15 is 0 Å². The van der Waals surface area contributed by atoms with E-state index < -0.39 is 5.63 Å². The summed E-state index contributed by atoms with van der Waals surface area (Å²) in [6.45, 7) is 2.95. The Kier molecular flexibility index (Phi) is 4.29. The first-order valence-electron chi connectivity index (χ1n) is 7.17. The van der Waals surface area contributed by atoms with Gasteiger partial charge in [0.05, 0.1) is 19.0 Å². The molecule has 0 spiro atoms.